The minimum Gasteiger partial charge on any atom is -0.406 e. The van der Waals surface area contributed by atoms with Crippen molar-refractivity contribution in [1.82, 2.24) is 10.2 Å². The Morgan fingerprint density at radius 3 is 2.55 bits per heavy atom. The minimum atomic E-state index is -0.598. The fraction of sp³-hybridized carbons (Fsp3) is 0.429. The topological polar surface area (TPSA) is 68.2 Å². The van der Waals surface area contributed by atoms with Crippen molar-refractivity contribution in [2.45, 2.75) is 32.4 Å². The van der Waals surface area contributed by atoms with Crippen LogP contribution in [0.4, 0.5) is 6.01 Å². The normalized spacial score (nSPS) is 14.7. The fourth-order valence-corrected chi connectivity index (χ4v) is 2.26. The van der Waals surface area contributed by atoms with E-state index in [-0.39, 0.29) is 12.4 Å². The van der Waals surface area contributed by atoms with Gasteiger partial charge in [-0.15, -0.1) is 17.5 Å². The maximum atomic E-state index is 5.96. The molecule has 1 aromatic carbocycles. The van der Waals surface area contributed by atoms with Crippen LogP contribution in [-0.4, -0.2) is 16.7 Å². The van der Waals surface area contributed by atoms with Crippen LogP contribution >= 0.6 is 12.4 Å². The van der Waals surface area contributed by atoms with Gasteiger partial charge in [0.05, 0.1) is 5.54 Å². The van der Waals surface area contributed by atoms with Crippen molar-refractivity contribution in [1.29, 1.82) is 0 Å². The highest BCUT2D eigenvalue weighted by atomic mass is 35.5. The number of nitrogens with two attached hydrogens (primary N) is 1. The first-order valence-electron chi connectivity index (χ1n) is 6.48. The van der Waals surface area contributed by atoms with Crippen LogP contribution in [0.3, 0.4) is 0 Å². The van der Waals surface area contributed by atoms with E-state index in [0.717, 1.165) is 19.5 Å². The average Bonchev–Trinajstić information content (AvgIpc) is 2.87. The van der Waals surface area contributed by atoms with Crippen LogP contribution < -0.4 is 10.6 Å². The van der Waals surface area contributed by atoms with E-state index in [2.05, 4.69) is 39.4 Å². The summed E-state index contributed by atoms with van der Waals surface area (Å²) >= 11 is 0. The third-order valence-corrected chi connectivity index (χ3v) is 3.37. The summed E-state index contributed by atoms with van der Waals surface area (Å²) in [7, 11) is 0. The van der Waals surface area contributed by atoms with Gasteiger partial charge in [0.25, 0.3) is 0 Å². The van der Waals surface area contributed by atoms with Gasteiger partial charge in [-0.05, 0) is 31.4 Å². The van der Waals surface area contributed by atoms with Crippen molar-refractivity contribution in [2.75, 3.05) is 11.4 Å². The number of anilines is 1. The zero-order valence-electron chi connectivity index (χ0n) is 11.7. The Morgan fingerprint density at radius 2 is 1.90 bits per heavy atom. The molecule has 20 heavy (non-hydrogen) atoms. The number of hydrogen-bond acceptors (Lipinski definition) is 5. The number of benzene rings is 1. The molecule has 1 aliphatic heterocycles. The van der Waals surface area contributed by atoms with Gasteiger partial charge in [0, 0.05) is 13.1 Å². The van der Waals surface area contributed by atoms with Crippen LogP contribution in [0.2, 0.25) is 0 Å². The number of nitrogens with zero attached hydrogens (tertiary/aromatic N) is 3. The molecule has 2 N–H and O–H groups in total. The maximum Gasteiger partial charge on any atom is 0.318 e. The van der Waals surface area contributed by atoms with Gasteiger partial charge >= 0.3 is 6.01 Å². The third kappa shape index (κ3) is 2.78. The molecule has 0 radical (unpaired) electrons. The molecule has 0 saturated heterocycles. The zero-order valence-corrected chi connectivity index (χ0v) is 12.5. The molecule has 0 unspecified atom stereocenters. The Kier molecular flexibility index (Phi) is 4.01. The highest BCUT2D eigenvalue weighted by Crippen LogP contribution is 2.25. The van der Waals surface area contributed by atoms with E-state index < -0.39 is 5.54 Å². The maximum absolute atomic E-state index is 5.96. The second kappa shape index (κ2) is 5.42. The lowest BCUT2D eigenvalue weighted by Crippen LogP contribution is -2.31. The second-order valence-corrected chi connectivity index (χ2v) is 5.55. The molecule has 1 aliphatic rings. The second-order valence-electron chi connectivity index (χ2n) is 5.55. The van der Waals surface area contributed by atoms with E-state index in [4.69, 9.17) is 10.2 Å². The van der Waals surface area contributed by atoms with Crippen LogP contribution in [-0.2, 0) is 18.5 Å². The van der Waals surface area contributed by atoms with E-state index in [1.165, 1.54) is 11.1 Å². The van der Waals surface area contributed by atoms with E-state index in [0.29, 0.717) is 11.9 Å². The van der Waals surface area contributed by atoms with Crippen LogP contribution in [0.1, 0.15) is 30.9 Å². The lowest BCUT2D eigenvalue weighted by molar-refractivity contribution is 0.376. The van der Waals surface area contributed by atoms with Gasteiger partial charge in [0.15, 0.2) is 0 Å². The summed E-state index contributed by atoms with van der Waals surface area (Å²) in [5.74, 6) is 0.473. The quantitative estimate of drug-likeness (QED) is 0.920. The molecule has 0 bridgehead atoms. The first kappa shape index (κ1) is 14.8. The summed E-state index contributed by atoms with van der Waals surface area (Å²) in [6.07, 6.45) is 1.000. The molecule has 0 aliphatic carbocycles. The summed E-state index contributed by atoms with van der Waals surface area (Å²) in [4.78, 5) is 2.10. The van der Waals surface area contributed by atoms with Crippen LogP contribution in [0.5, 0.6) is 0 Å². The summed E-state index contributed by atoms with van der Waals surface area (Å²) in [6.45, 7) is 5.41. The Bertz CT molecular complexity index is 591. The Balaban J connectivity index is 0.00000147. The molecule has 2 aromatic rings. The van der Waals surface area contributed by atoms with Crippen molar-refractivity contribution in [3.63, 3.8) is 0 Å². The number of aromatic nitrogens is 2. The third-order valence-electron chi connectivity index (χ3n) is 3.37. The monoisotopic (exact) mass is 294 g/mol. The summed E-state index contributed by atoms with van der Waals surface area (Å²) < 4.78 is 5.68. The fourth-order valence-electron chi connectivity index (χ4n) is 2.26. The Labute approximate surface area is 124 Å². The van der Waals surface area contributed by atoms with Crippen LogP contribution in [0.15, 0.2) is 28.7 Å². The molecule has 6 heteroatoms. The van der Waals surface area contributed by atoms with E-state index in [1.807, 2.05) is 13.8 Å². The molecule has 3 rings (SSSR count). The molecular weight excluding hydrogens is 276 g/mol. The highest BCUT2D eigenvalue weighted by molar-refractivity contribution is 5.85. The molecule has 2 heterocycles. The van der Waals surface area contributed by atoms with Gasteiger partial charge in [-0.25, -0.2) is 0 Å². The standard InChI is InChI=1S/C14H18N4O.ClH/c1-14(2,15)12-16-17-13(19-12)18-8-7-10-5-3-4-6-11(10)9-18;/h3-6H,7-9,15H2,1-2H3;1H. The van der Waals surface area contributed by atoms with Crippen molar-refractivity contribution in [3.8, 4) is 0 Å². The molecule has 0 amide bonds. The molecular formula is C14H19ClN4O. The molecule has 0 saturated carbocycles. The minimum absolute atomic E-state index is 0. The largest absolute Gasteiger partial charge is 0.406 e. The SMILES string of the molecule is CC(C)(N)c1nnc(N2CCc3ccccc3C2)o1.Cl. The molecule has 0 fully saturated rings. The van der Waals surface area contributed by atoms with Gasteiger partial charge in [-0.3, -0.25) is 0 Å². The van der Waals surface area contributed by atoms with Crippen molar-refractivity contribution >= 4 is 18.4 Å². The van der Waals surface area contributed by atoms with Gasteiger partial charge in [-0.2, -0.15) is 0 Å². The zero-order chi connectivity index (χ0) is 13.5. The lowest BCUT2D eigenvalue weighted by Gasteiger charge is -2.27. The van der Waals surface area contributed by atoms with Crippen LogP contribution in [0, 0.1) is 0 Å². The number of hydrogen-bond donors (Lipinski definition) is 1. The molecule has 0 atom stereocenters. The van der Waals surface area contributed by atoms with Gasteiger partial charge in [-0.1, -0.05) is 29.4 Å². The summed E-state index contributed by atoms with van der Waals surface area (Å²) in [5.41, 5.74) is 8.08. The first-order chi connectivity index (χ1) is 9.04. The molecule has 108 valence electrons. The van der Waals surface area contributed by atoms with Crippen molar-refractivity contribution < 1.29 is 4.42 Å². The van der Waals surface area contributed by atoms with Gasteiger partial charge < -0.3 is 15.1 Å². The highest BCUT2D eigenvalue weighted by Gasteiger charge is 2.25. The lowest BCUT2D eigenvalue weighted by atomic mass is 10.0. The first-order valence-corrected chi connectivity index (χ1v) is 6.48. The molecule has 5 nitrogen and oxygen atoms in total. The van der Waals surface area contributed by atoms with Crippen molar-refractivity contribution in [3.05, 3.63) is 41.3 Å². The number of halogens is 1. The average molecular weight is 295 g/mol. The van der Waals surface area contributed by atoms with Gasteiger partial charge in [0.2, 0.25) is 5.89 Å². The smallest absolute Gasteiger partial charge is 0.318 e. The van der Waals surface area contributed by atoms with E-state index in [1.54, 1.807) is 0 Å². The van der Waals surface area contributed by atoms with Crippen LogP contribution in [0.25, 0.3) is 0 Å². The predicted octanol–water partition coefficient (Wildman–Crippen LogP) is 2.25. The predicted molar refractivity (Wildman–Crippen MR) is 80.0 cm³/mol. The van der Waals surface area contributed by atoms with Crippen molar-refractivity contribution in [2.24, 2.45) is 5.73 Å². The molecule has 1 aromatic heterocycles. The number of rotatable bonds is 2. The Hall–Kier alpha value is -1.59. The van der Waals surface area contributed by atoms with E-state index in [9.17, 15) is 0 Å². The summed E-state index contributed by atoms with van der Waals surface area (Å²) in [6, 6.07) is 9.02. The van der Waals surface area contributed by atoms with E-state index >= 15 is 0 Å². The Morgan fingerprint density at radius 1 is 1.20 bits per heavy atom. The van der Waals surface area contributed by atoms with Gasteiger partial charge in [0.1, 0.15) is 0 Å². The number of fused-ring (bicyclic) bond motifs is 1. The summed E-state index contributed by atoms with van der Waals surface area (Å²) in [5, 5.41) is 8.14. The molecule has 0 spiro atoms.